The van der Waals surface area contributed by atoms with E-state index < -0.39 is 0 Å². The summed E-state index contributed by atoms with van der Waals surface area (Å²) in [6, 6.07) is 14.1. The fourth-order valence-corrected chi connectivity index (χ4v) is 2.70. The van der Waals surface area contributed by atoms with E-state index in [1.165, 1.54) is 11.1 Å². The van der Waals surface area contributed by atoms with Crippen LogP contribution in [0.2, 0.25) is 0 Å². The molecule has 134 valence electrons. The van der Waals surface area contributed by atoms with E-state index in [0.717, 1.165) is 34.2 Å². The normalized spacial score (nSPS) is 10.5. The van der Waals surface area contributed by atoms with Crippen LogP contribution in [0.3, 0.4) is 0 Å². The van der Waals surface area contributed by atoms with Crippen molar-refractivity contribution in [2.75, 3.05) is 17.7 Å². The van der Waals surface area contributed by atoms with Gasteiger partial charge in [-0.15, -0.1) is 0 Å². The molecule has 0 spiro atoms. The fourth-order valence-electron chi connectivity index (χ4n) is 2.70. The van der Waals surface area contributed by atoms with Crippen molar-refractivity contribution in [3.05, 3.63) is 64.8 Å². The molecule has 0 bridgehead atoms. The van der Waals surface area contributed by atoms with Crippen LogP contribution in [-0.4, -0.2) is 17.1 Å². The third-order valence-electron chi connectivity index (χ3n) is 4.23. The van der Waals surface area contributed by atoms with Crippen LogP contribution in [0, 0.1) is 27.7 Å². The molecule has 0 radical (unpaired) electrons. The van der Waals surface area contributed by atoms with Crippen LogP contribution in [-0.2, 0) is 0 Å². The lowest BCUT2D eigenvalue weighted by Crippen LogP contribution is -2.03. The van der Waals surface area contributed by atoms with Crippen LogP contribution in [0.15, 0.2) is 42.5 Å². The number of hydrogen-bond acceptors (Lipinski definition) is 5. The molecular formula is C21H24N4O. The molecule has 0 fully saturated rings. The molecule has 1 aromatic heterocycles. The molecule has 2 aromatic carbocycles. The van der Waals surface area contributed by atoms with Gasteiger partial charge in [0.15, 0.2) is 0 Å². The third-order valence-corrected chi connectivity index (χ3v) is 4.23. The average molecular weight is 348 g/mol. The van der Waals surface area contributed by atoms with Gasteiger partial charge in [0.05, 0.1) is 12.8 Å². The predicted molar refractivity (Wildman–Crippen MR) is 107 cm³/mol. The summed E-state index contributed by atoms with van der Waals surface area (Å²) < 4.78 is 5.42. The number of methoxy groups -OCH3 is 1. The first kappa shape index (κ1) is 17.7. The molecule has 5 nitrogen and oxygen atoms in total. The molecule has 0 aliphatic heterocycles. The zero-order valence-corrected chi connectivity index (χ0v) is 15.8. The molecule has 0 amide bonds. The molecule has 3 rings (SSSR count). The van der Waals surface area contributed by atoms with E-state index in [1.807, 2.05) is 38.1 Å². The van der Waals surface area contributed by atoms with Crippen molar-refractivity contribution in [2.45, 2.75) is 27.7 Å². The molecular weight excluding hydrogens is 324 g/mol. The Kier molecular flexibility index (Phi) is 5.07. The van der Waals surface area contributed by atoms with Crippen LogP contribution in [0.5, 0.6) is 5.75 Å². The first-order valence-electron chi connectivity index (χ1n) is 8.56. The van der Waals surface area contributed by atoms with Crippen molar-refractivity contribution in [3.8, 4) is 5.75 Å². The topological polar surface area (TPSA) is 59.1 Å². The summed E-state index contributed by atoms with van der Waals surface area (Å²) in [5.74, 6) is 2.03. The first-order valence-corrected chi connectivity index (χ1v) is 8.56. The van der Waals surface area contributed by atoms with E-state index in [0.29, 0.717) is 5.95 Å². The minimum atomic E-state index is 0.528. The predicted octanol–water partition coefficient (Wildman–Crippen LogP) is 5.21. The molecule has 26 heavy (non-hydrogen) atoms. The summed E-state index contributed by atoms with van der Waals surface area (Å²) in [5, 5.41) is 6.62. The van der Waals surface area contributed by atoms with Gasteiger partial charge in [-0.25, -0.2) is 4.98 Å². The number of aromatic nitrogens is 2. The lowest BCUT2D eigenvalue weighted by atomic mass is 10.1. The molecule has 0 unspecified atom stereocenters. The number of nitrogens with zero attached hydrogens (tertiary/aromatic N) is 2. The highest BCUT2D eigenvalue weighted by Gasteiger charge is 2.08. The van der Waals surface area contributed by atoms with Crippen molar-refractivity contribution < 1.29 is 4.74 Å². The molecule has 1 heterocycles. The Balaban J connectivity index is 1.88. The number of aryl methyl sites for hydroxylation is 4. The number of ether oxygens (including phenoxy) is 1. The lowest BCUT2D eigenvalue weighted by Gasteiger charge is -2.13. The highest BCUT2D eigenvalue weighted by molar-refractivity contribution is 5.65. The molecule has 0 aliphatic rings. The van der Waals surface area contributed by atoms with Gasteiger partial charge in [-0.2, -0.15) is 4.98 Å². The Morgan fingerprint density at radius 1 is 0.808 bits per heavy atom. The molecule has 0 saturated heterocycles. The van der Waals surface area contributed by atoms with Crippen LogP contribution in [0.1, 0.15) is 22.4 Å². The highest BCUT2D eigenvalue weighted by Crippen LogP contribution is 2.28. The van der Waals surface area contributed by atoms with Gasteiger partial charge in [0, 0.05) is 17.4 Å². The maximum absolute atomic E-state index is 5.42. The van der Waals surface area contributed by atoms with Gasteiger partial charge in [0.25, 0.3) is 0 Å². The Hall–Kier alpha value is -3.08. The summed E-state index contributed by atoms with van der Waals surface area (Å²) in [5.41, 5.74) is 6.36. The van der Waals surface area contributed by atoms with E-state index in [9.17, 15) is 0 Å². The van der Waals surface area contributed by atoms with Gasteiger partial charge in [0.1, 0.15) is 11.6 Å². The molecule has 0 saturated carbocycles. The zero-order valence-electron chi connectivity index (χ0n) is 15.8. The third kappa shape index (κ3) is 4.11. The highest BCUT2D eigenvalue weighted by atomic mass is 16.5. The monoisotopic (exact) mass is 348 g/mol. The molecule has 5 heteroatoms. The fraction of sp³-hybridized carbons (Fsp3) is 0.238. The van der Waals surface area contributed by atoms with Crippen molar-refractivity contribution in [1.29, 1.82) is 0 Å². The Morgan fingerprint density at radius 3 is 2.35 bits per heavy atom. The van der Waals surface area contributed by atoms with Gasteiger partial charge < -0.3 is 15.4 Å². The maximum Gasteiger partial charge on any atom is 0.229 e. The van der Waals surface area contributed by atoms with E-state index in [2.05, 4.69) is 52.6 Å². The Morgan fingerprint density at radius 2 is 1.62 bits per heavy atom. The van der Waals surface area contributed by atoms with Crippen molar-refractivity contribution in [3.63, 3.8) is 0 Å². The maximum atomic E-state index is 5.42. The van der Waals surface area contributed by atoms with Gasteiger partial charge >= 0.3 is 0 Å². The quantitative estimate of drug-likeness (QED) is 0.663. The van der Waals surface area contributed by atoms with E-state index in [-0.39, 0.29) is 0 Å². The number of hydrogen-bond donors (Lipinski definition) is 2. The summed E-state index contributed by atoms with van der Waals surface area (Å²) in [6.07, 6.45) is 0. The van der Waals surface area contributed by atoms with Crippen LogP contribution in [0.25, 0.3) is 0 Å². The van der Waals surface area contributed by atoms with E-state index in [1.54, 1.807) is 7.11 Å². The smallest absolute Gasteiger partial charge is 0.229 e. The zero-order chi connectivity index (χ0) is 18.7. The van der Waals surface area contributed by atoms with Gasteiger partial charge in [0.2, 0.25) is 5.95 Å². The van der Waals surface area contributed by atoms with Crippen LogP contribution in [0.4, 0.5) is 23.1 Å². The Labute approximate surface area is 154 Å². The standard InChI is InChI=1S/C21H24N4O/c1-13-6-9-19(26-5)18(10-13)24-21-22-16(4)12-20(25-21)23-17-8-7-14(2)15(3)11-17/h6-12H,1-5H3,(H2,22,23,24,25). The molecule has 3 aromatic rings. The second kappa shape index (κ2) is 7.44. The van der Waals surface area contributed by atoms with Gasteiger partial charge in [-0.1, -0.05) is 12.1 Å². The largest absolute Gasteiger partial charge is 0.495 e. The summed E-state index contributed by atoms with van der Waals surface area (Å²) in [4.78, 5) is 9.08. The second-order valence-electron chi connectivity index (χ2n) is 6.47. The summed E-state index contributed by atoms with van der Waals surface area (Å²) in [6.45, 7) is 8.19. The number of anilines is 4. The summed E-state index contributed by atoms with van der Waals surface area (Å²) in [7, 11) is 1.65. The summed E-state index contributed by atoms with van der Waals surface area (Å²) >= 11 is 0. The molecule has 2 N–H and O–H groups in total. The minimum absolute atomic E-state index is 0.528. The van der Waals surface area contributed by atoms with Crippen molar-refractivity contribution in [2.24, 2.45) is 0 Å². The number of rotatable bonds is 5. The second-order valence-corrected chi connectivity index (χ2v) is 6.47. The molecule has 0 atom stereocenters. The number of benzene rings is 2. The van der Waals surface area contributed by atoms with E-state index in [4.69, 9.17) is 4.74 Å². The van der Waals surface area contributed by atoms with Gasteiger partial charge in [-0.05, 0) is 68.7 Å². The van der Waals surface area contributed by atoms with Crippen molar-refractivity contribution >= 4 is 23.1 Å². The van der Waals surface area contributed by atoms with Gasteiger partial charge in [-0.3, -0.25) is 0 Å². The van der Waals surface area contributed by atoms with Crippen molar-refractivity contribution in [1.82, 2.24) is 9.97 Å². The van der Waals surface area contributed by atoms with Crippen LogP contribution < -0.4 is 15.4 Å². The number of nitrogens with one attached hydrogen (secondary N) is 2. The van der Waals surface area contributed by atoms with E-state index >= 15 is 0 Å². The van der Waals surface area contributed by atoms with Crippen LogP contribution >= 0.6 is 0 Å². The minimum Gasteiger partial charge on any atom is -0.495 e. The molecule has 0 aliphatic carbocycles. The first-order chi connectivity index (χ1) is 12.4. The average Bonchev–Trinajstić information content (AvgIpc) is 2.58. The lowest BCUT2D eigenvalue weighted by molar-refractivity contribution is 0.416. The Bertz CT molecular complexity index is 937. The SMILES string of the molecule is COc1ccc(C)cc1Nc1nc(C)cc(Nc2ccc(C)c(C)c2)n1.